The standard InChI is InChI=1S/C14H22O2/c1-5-9-13(15-11-7-3)14(10-6-2)16-12-8-4/h5-8,13-14H,1-4,9-12H2/t13-,14-/m0/s1. The zero-order valence-electron chi connectivity index (χ0n) is 9.94. The van der Waals surface area contributed by atoms with Crippen LogP contribution >= 0.6 is 0 Å². The first kappa shape index (κ1) is 14.9. The molecular weight excluding hydrogens is 200 g/mol. The summed E-state index contributed by atoms with van der Waals surface area (Å²) in [5.41, 5.74) is 0. The minimum absolute atomic E-state index is 0.00606. The smallest absolute Gasteiger partial charge is 0.0878 e. The number of rotatable bonds is 11. The molecule has 2 heteroatoms. The highest BCUT2D eigenvalue weighted by Crippen LogP contribution is 2.13. The molecule has 2 atom stereocenters. The van der Waals surface area contributed by atoms with Crippen LogP contribution in [0.3, 0.4) is 0 Å². The number of hydrogen-bond donors (Lipinski definition) is 0. The van der Waals surface area contributed by atoms with Crippen LogP contribution in [-0.2, 0) is 9.47 Å². The lowest BCUT2D eigenvalue weighted by molar-refractivity contribution is -0.0547. The van der Waals surface area contributed by atoms with Crippen LogP contribution in [0, 0.1) is 0 Å². The average Bonchev–Trinajstić information content (AvgIpc) is 2.30. The molecule has 0 bridgehead atoms. The number of hydrogen-bond acceptors (Lipinski definition) is 2. The van der Waals surface area contributed by atoms with Crippen molar-refractivity contribution < 1.29 is 9.47 Å². The Labute approximate surface area is 99.0 Å². The second-order valence-corrected chi connectivity index (χ2v) is 3.37. The zero-order chi connectivity index (χ0) is 12.2. The van der Waals surface area contributed by atoms with Gasteiger partial charge in [-0.3, -0.25) is 0 Å². The van der Waals surface area contributed by atoms with E-state index in [2.05, 4.69) is 26.3 Å². The maximum absolute atomic E-state index is 5.65. The summed E-state index contributed by atoms with van der Waals surface area (Å²) in [6.45, 7) is 15.7. The Morgan fingerprint density at radius 1 is 0.688 bits per heavy atom. The molecule has 0 fully saturated rings. The molecule has 0 amide bonds. The largest absolute Gasteiger partial charge is 0.371 e. The van der Waals surface area contributed by atoms with Gasteiger partial charge in [0.05, 0.1) is 25.4 Å². The Balaban J connectivity index is 4.34. The molecule has 0 heterocycles. The van der Waals surface area contributed by atoms with Gasteiger partial charge >= 0.3 is 0 Å². The van der Waals surface area contributed by atoms with Crippen molar-refractivity contribution in [3.63, 3.8) is 0 Å². The van der Waals surface area contributed by atoms with E-state index < -0.39 is 0 Å². The third kappa shape index (κ3) is 6.38. The van der Waals surface area contributed by atoms with Crippen molar-refractivity contribution in [1.29, 1.82) is 0 Å². The highest BCUT2D eigenvalue weighted by Gasteiger charge is 2.19. The molecule has 0 saturated carbocycles. The second kappa shape index (κ2) is 10.4. The molecule has 0 aromatic heterocycles. The van der Waals surface area contributed by atoms with E-state index in [1.165, 1.54) is 0 Å². The lowest BCUT2D eigenvalue weighted by atomic mass is 10.1. The van der Waals surface area contributed by atoms with Crippen LogP contribution in [0.4, 0.5) is 0 Å². The van der Waals surface area contributed by atoms with Crippen LogP contribution in [0.1, 0.15) is 12.8 Å². The molecule has 0 aromatic carbocycles. The normalized spacial score (nSPS) is 13.8. The minimum Gasteiger partial charge on any atom is -0.371 e. The summed E-state index contributed by atoms with van der Waals surface area (Å²) in [7, 11) is 0. The predicted molar refractivity (Wildman–Crippen MR) is 69.5 cm³/mol. The monoisotopic (exact) mass is 222 g/mol. The van der Waals surface area contributed by atoms with E-state index in [-0.39, 0.29) is 12.2 Å². The van der Waals surface area contributed by atoms with Gasteiger partial charge in [0, 0.05) is 0 Å². The third-order valence-electron chi connectivity index (χ3n) is 2.07. The maximum atomic E-state index is 5.65. The van der Waals surface area contributed by atoms with E-state index in [0.29, 0.717) is 13.2 Å². The average molecular weight is 222 g/mol. The highest BCUT2D eigenvalue weighted by molar-refractivity contribution is 4.86. The first-order valence-electron chi connectivity index (χ1n) is 5.46. The molecule has 0 saturated heterocycles. The Morgan fingerprint density at radius 3 is 1.31 bits per heavy atom. The van der Waals surface area contributed by atoms with Gasteiger partial charge in [0.25, 0.3) is 0 Å². The van der Waals surface area contributed by atoms with Crippen LogP contribution in [-0.4, -0.2) is 25.4 Å². The van der Waals surface area contributed by atoms with E-state index in [1.54, 1.807) is 12.2 Å². The van der Waals surface area contributed by atoms with Crippen molar-refractivity contribution in [2.45, 2.75) is 25.0 Å². The summed E-state index contributed by atoms with van der Waals surface area (Å²) in [4.78, 5) is 0. The van der Waals surface area contributed by atoms with Gasteiger partial charge in [-0.05, 0) is 12.8 Å². The second-order valence-electron chi connectivity index (χ2n) is 3.37. The van der Waals surface area contributed by atoms with Gasteiger partial charge in [-0.15, -0.1) is 26.3 Å². The Kier molecular flexibility index (Phi) is 9.67. The van der Waals surface area contributed by atoms with Crippen LogP contribution < -0.4 is 0 Å². The molecule has 0 spiro atoms. The quantitative estimate of drug-likeness (QED) is 0.499. The summed E-state index contributed by atoms with van der Waals surface area (Å²) in [5, 5.41) is 0. The first-order chi connectivity index (χ1) is 7.79. The van der Waals surface area contributed by atoms with Gasteiger partial charge in [-0.1, -0.05) is 24.3 Å². The molecule has 0 unspecified atom stereocenters. The van der Waals surface area contributed by atoms with Crippen molar-refractivity contribution in [2.75, 3.05) is 13.2 Å². The van der Waals surface area contributed by atoms with Crippen molar-refractivity contribution in [3.05, 3.63) is 50.6 Å². The zero-order valence-corrected chi connectivity index (χ0v) is 9.94. The fourth-order valence-electron chi connectivity index (χ4n) is 1.37. The van der Waals surface area contributed by atoms with Crippen LogP contribution in [0.5, 0.6) is 0 Å². The van der Waals surface area contributed by atoms with Crippen LogP contribution in [0.15, 0.2) is 50.6 Å². The lowest BCUT2D eigenvalue weighted by Gasteiger charge is -2.25. The van der Waals surface area contributed by atoms with Gasteiger partial charge in [0.1, 0.15) is 0 Å². The Hall–Kier alpha value is -1.12. The van der Waals surface area contributed by atoms with Crippen molar-refractivity contribution >= 4 is 0 Å². The van der Waals surface area contributed by atoms with E-state index >= 15 is 0 Å². The molecule has 0 radical (unpaired) electrons. The number of ether oxygens (including phenoxy) is 2. The van der Waals surface area contributed by atoms with Gasteiger partial charge in [-0.25, -0.2) is 0 Å². The topological polar surface area (TPSA) is 18.5 Å². The summed E-state index contributed by atoms with van der Waals surface area (Å²) in [6, 6.07) is 0. The summed E-state index contributed by atoms with van der Waals surface area (Å²) >= 11 is 0. The molecular formula is C14H22O2. The predicted octanol–water partition coefficient (Wildman–Crippen LogP) is 3.28. The molecule has 0 rings (SSSR count). The first-order valence-corrected chi connectivity index (χ1v) is 5.46. The van der Waals surface area contributed by atoms with E-state index in [4.69, 9.17) is 9.47 Å². The van der Waals surface area contributed by atoms with Crippen molar-refractivity contribution in [1.82, 2.24) is 0 Å². The fraction of sp³-hybridized carbons (Fsp3) is 0.429. The van der Waals surface area contributed by atoms with Crippen molar-refractivity contribution in [2.24, 2.45) is 0 Å². The summed E-state index contributed by atoms with van der Waals surface area (Å²) in [5.74, 6) is 0. The molecule has 0 aromatic rings. The summed E-state index contributed by atoms with van der Waals surface area (Å²) in [6.07, 6.45) is 8.63. The highest BCUT2D eigenvalue weighted by atomic mass is 16.5. The molecule has 0 N–H and O–H groups in total. The van der Waals surface area contributed by atoms with Crippen LogP contribution in [0.2, 0.25) is 0 Å². The van der Waals surface area contributed by atoms with Gasteiger partial charge in [0.15, 0.2) is 0 Å². The molecule has 16 heavy (non-hydrogen) atoms. The molecule has 0 aliphatic carbocycles. The third-order valence-corrected chi connectivity index (χ3v) is 2.07. The van der Waals surface area contributed by atoms with Gasteiger partial charge in [0.2, 0.25) is 0 Å². The van der Waals surface area contributed by atoms with Gasteiger partial charge in [-0.2, -0.15) is 0 Å². The van der Waals surface area contributed by atoms with Crippen LogP contribution in [0.25, 0.3) is 0 Å². The lowest BCUT2D eigenvalue weighted by Crippen LogP contribution is -2.31. The van der Waals surface area contributed by atoms with E-state index in [9.17, 15) is 0 Å². The molecule has 0 aliphatic heterocycles. The minimum atomic E-state index is -0.00606. The SMILES string of the molecule is C=CCO[C@@H](CC=C)[C@H](CC=C)OCC=C. The van der Waals surface area contributed by atoms with E-state index in [0.717, 1.165) is 12.8 Å². The molecule has 90 valence electrons. The fourth-order valence-corrected chi connectivity index (χ4v) is 1.37. The summed E-state index contributed by atoms with van der Waals surface area (Å²) < 4.78 is 11.3. The van der Waals surface area contributed by atoms with Gasteiger partial charge < -0.3 is 9.47 Å². The Morgan fingerprint density at radius 2 is 1.06 bits per heavy atom. The van der Waals surface area contributed by atoms with E-state index in [1.807, 2.05) is 12.2 Å². The van der Waals surface area contributed by atoms with Crippen molar-refractivity contribution in [3.8, 4) is 0 Å². The Bertz CT molecular complexity index is 197. The maximum Gasteiger partial charge on any atom is 0.0878 e. The molecule has 2 nitrogen and oxygen atoms in total. The molecule has 0 aliphatic rings.